The Balaban J connectivity index is 0.000000193. The smallest absolute Gasteiger partial charge is 0.269 e. The van der Waals surface area contributed by atoms with Gasteiger partial charge in [-0.15, -0.1) is 0 Å². The van der Waals surface area contributed by atoms with E-state index in [0.717, 1.165) is 141 Å². The summed E-state index contributed by atoms with van der Waals surface area (Å²) in [6, 6.07) is 34.6. The van der Waals surface area contributed by atoms with Gasteiger partial charge in [0.2, 0.25) is 11.8 Å². The highest BCUT2D eigenvalue weighted by Crippen LogP contribution is 2.29. The highest BCUT2D eigenvalue weighted by atomic mass is 32.2. The molecule has 2 unspecified atom stereocenters. The maximum absolute atomic E-state index is 13.2. The Morgan fingerprint density at radius 1 is 0.624 bits per heavy atom. The summed E-state index contributed by atoms with van der Waals surface area (Å²) >= 11 is 0. The molecule has 5 aromatic heterocycles. The number of aromatic nitrogens is 7. The van der Waals surface area contributed by atoms with Gasteiger partial charge < -0.3 is 20.4 Å². The molecule has 2 fully saturated rings. The molecule has 18 heteroatoms. The van der Waals surface area contributed by atoms with Gasteiger partial charge >= 0.3 is 0 Å². The van der Waals surface area contributed by atoms with Crippen LogP contribution in [0.2, 0.25) is 0 Å². The number of carbonyl (C=O) groups excluding carboxylic acids is 2. The number of nitrogens with zero attached hydrogens (tertiary/aromatic N) is 11. The Labute approximate surface area is 499 Å². The fourth-order valence-corrected chi connectivity index (χ4v) is 12.5. The summed E-state index contributed by atoms with van der Waals surface area (Å²) in [4.78, 5) is 60.9. The lowest BCUT2D eigenvalue weighted by atomic mass is 9.92. The molecule has 8 aromatic rings. The van der Waals surface area contributed by atoms with Crippen LogP contribution < -0.4 is 10.6 Å². The number of anilines is 2. The number of fused-ring (bicyclic) bond motifs is 2. The third-order valence-corrected chi connectivity index (χ3v) is 17.1. The van der Waals surface area contributed by atoms with Crippen LogP contribution in [-0.2, 0) is 52.0 Å². The molecule has 3 aliphatic rings. The van der Waals surface area contributed by atoms with Crippen molar-refractivity contribution >= 4 is 50.3 Å². The Kier molecular flexibility index (Phi) is 20.0. The lowest BCUT2D eigenvalue weighted by molar-refractivity contribution is -0.112. The van der Waals surface area contributed by atoms with Crippen LogP contribution in [0.5, 0.6) is 0 Å². The second-order valence-corrected chi connectivity index (χ2v) is 24.6. The van der Waals surface area contributed by atoms with Crippen molar-refractivity contribution in [3.63, 3.8) is 0 Å². The van der Waals surface area contributed by atoms with Gasteiger partial charge in [-0.2, -0.15) is 0 Å². The number of amides is 2. The molecule has 2 N–H and O–H groups in total. The summed E-state index contributed by atoms with van der Waals surface area (Å²) in [7, 11) is 4.12. The highest BCUT2D eigenvalue weighted by molar-refractivity contribution is 7.90. The molecule has 0 bridgehead atoms. The predicted octanol–water partition coefficient (Wildman–Crippen LogP) is 9.86. The quantitative estimate of drug-likeness (QED) is 0.0687. The van der Waals surface area contributed by atoms with E-state index in [4.69, 9.17) is 0 Å². The Morgan fingerprint density at radius 2 is 1.15 bits per heavy atom. The number of benzene rings is 3. The average Bonchev–Trinajstić information content (AvgIpc) is 2.52. The van der Waals surface area contributed by atoms with Gasteiger partial charge in [-0.05, 0) is 175 Å². The van der Waals surface area contributed by atoms with E-state index in [1.54, 1.807) is 73.6 Å². The van der Waals surface area contributed by atoms with Crippen LogP contribution in [-0.4, -0.2) is 141 Å². The molecule has 0 radical (unpaired) electrons. The molecule has 2 amide bonds. The first-order chi connectivity index (χ1) is 41.3. The number of hydrogen-bond donors (Lipinski definition) is 2. The zero-order valence-corrected chi connectivity index (χ0v) is 49.8. The monoisotopic (exact) mass is 1160 g/mol. The summed E-state index contributed by atoms with van der Waals surface area (Å²) in [5.41, 5.74) is 12.4. The van der Waals surface area contributed by atoms with E-state index in [9.17, 15) is 18.0 Å². The summed E-state index contributed by atoms with van der Waals surface area (Å²) in [5.74, 6) is 0.809. The molecule has 2 saturated heterocycles. The summed E-state index contributed by atoms with van der Waals surface area (Å²) in [6.07, 6.45) is 27.0. The van der Waals surface area contributed by atoms with Crippen LogP contribution in [0, 0.1) is 11.8 Å². The van der Waals surface area contributed by atoms with E-state index in [1.807, 2.05) is 92.7 Å². The lowest BCUT2D eigenvalue weighted by Crippen LogP contribution is -2.35. The third-order valence-electron chi connectivity index (χ3n) is 15.4. The molecule has 438 valence electrons. The Hall–Kier alpha value is -8.39. The molecular formula is C67H75N13O4S. The molecule has 0 saturated carbocycles. The number of likely N-dealkylation sites (N-methyl/N-ethyl adjacent to an activating group) is 2. The number of pyridine rings is 2. The van der Waals surface area contributed by atoms with Crippen LogP contribution in [0.15, 0.2) is 176 Å². The SMILES string of the molecule is CN(C)C/C=C/C(=O)Nc1ccc(CN2CCCC(Cc3cc(-c4cnc5c(c4)C=CC5)ncn3)C2)cc1.CN(C)C/C=C/C(=O)Nc1ccc(CN2CCCC(Cc3cc(-c4cnc5c(ccn5S(=O)(=O)c5ccccc5)c4)ncn3)C2)cc1. The van der Waals surface area contributed by atoms with Gasteiger partial charge in [-0.25, -0.2) is 37.3 Å². The zero-order chi connectivity index (χ0) is 59.1. The molecule has 11 rings (SSSR count). The van der Waals surface area contributed by atoms with Crippen LogP contribution >= 0.6 is 0 Å². The lowest BCUT2D eigenvalue weighted by Gasteiger charge is -2.32. The van der Waals surface area contributed by atoms with E-state index in [2.05, 4.69) is 98.9 Å². The largest absolute Gasteiger partial charge is 0.323 e. The summed E-state index contributed by atoms with van der Waals surface area (Å²) in [6.45, 7) is 7.42. The summed E-state index contributed by atoms with van der Waals surface area (Å²) in [5, 5.41) is 6.57. The first-order valence-corrected chi connectivity index (χ1v) is 30.6. The second kappa shape index (κ2) is 28.5. The Bertz CT molecular complexity index is 3770. The number of nitrogens with one attached hydrogen (secondary N) is 2. The molecule has 3 aromatic carbocycles. The van der Waals surface area contributed by atoms with Gasteiger partial charge in [-0.1, -0.05) is 66.8 Å². The van der Waals surface area contributed by atoms with Crippen molar-refractivity contribution in [1.82, 2.24) is 53.5 Å². The molecule has 2 aliphatic heterocycles. The van der Waals surface area contributed by atoms with Gasteiger partial charge in [0.15, 0.2) is 5.65 Å². The summed E-state index contributed by atoms with van der Waals surface area (Å²) < 4.78 is 27.6. The standard InChI is InChI=1S/C36H39N7O3S.C31H36N6O/c1-41(2)17-7-11-35(44)40-31-14-12-27(13-15-31)24-42-18-6-8-28(25-42)20-32-22-34(39-26-38-32)30-21-29-16-19-43(36(29)37-23-30)47(45,46)33-9-4-3-5-10-33;1-36(2)14-5-9-31(38)35-27-12-10-23(11-13-27)20-37-15-4-6-24(21-37)16-28-18-30(34-22-33-28)26-17-25-7-3-8-29(25)32-19-26/h3-5,7,9-16,19,21-23,26,28H,6,8,17-18,20,24-25H2,1-2H3,(H,40,44);3,5,7,9-13,17-19,22,24H,4,6,8,14-16,20-21H2,1-2H3,(H,35,38)/b11-7+;9-5+. The van der Waals surface area contributed by atoms with Gasteiger partial charge in [0.05, 0.1) is 22.0 Å². The van der Waals surface area contributed by atoms with Gasteiger partial charge in [0.1, 0.15) is 12.7 Å². The van der Waals surface area contributed by atoms with E-state index >= 15 is 0 Å². The normalized spacial score (nSPS) is 16.5. The van der Waals surface area contributed by atoms with Crippen molar-refractivity contribution in [2.24, 2.45) is 11.8 Å². The van der Waals surface area contributed by atoms with Gasteiger partial charge in [-0.3, -0.25) is 24.4 Å². The minimum absolute atomic E-state index is 0.101. The van der Waals surface area contributed by atoms with Crippen molar-refractivity contribution in [3.8, 4) is 22.5 Å². The molecular weight excluding hydrogens is 1080 g/mol. The number of hydrogen-bond acceptors (Lipinski definition) is 14. The molecule has 0 spiro atoms. The number of piperidine rings is 2. The van der Waals surface area contributed by atoms with Crippen LogP contribution in [0.4, 0.5) is 11.4 Å². The van der Waals surface area contributed by atoms with E-state index in [0.29, 0.717) is 17.5 Å². The van der Waals surface area contributed by atoms with E-state index < -0.39 is 10.0 Å². The van der Waals surface area contributed by atoms with E-state index in [1.165, 1.54) is 33.5 Å². The predicted molar refractivity (Wildman–Crippen MR) is 337 cm³/mol. The first-order valence-electron chi connectivity index (χ1n) is 29.2. The number of allylic oxidation sites excluding steroid dienone is 1. The van der Waals surface area contributed by atoms with Crippen molar-refractivity contribution in [2.75, 3.05) is 78.1 Å². The molecule has 85 heavy (non-hydrogen) atoms. The molecule has 7 heterocycles. The minimum Gasteiger partial charge on any atom is -0.323 e. The molecule has 2 atom stereocenters. The average molecular weight is 1160 g/mol. The van der Waals surface area contributed by atoms with E-state index in [-0.39, 0.29) is 16.7 Å². The van der Waals surface area contributed by atoms with Crippen molar-refractivity contribution in [2.45, 2.75) is 62.9 Å². The molecule has 17 nitrogen and oxygen atoms in total. The maximum Gasteiger partial charge on any atom is 0.269 e. The fourth-order valence-electron chi connectivity index (χ4n) is 11.2. The van der Waals surface area contributed by atoms with Crippen molar-refractivity contribution in [1.29, 1.82) is 0 Å². The topological polar surface area (TPSA) is 188 Å². The van der Waals surface area contributed by atoms with Gasteiger partial charge in [0.25, 0.3) is 10.0 Å². The maximum atomic E-state index is 13.2. The van der Waals surface area contributed by atoms with Crippen LogP contribution in [0.3, 0.4) is 0 Å². The Morgan fingerprint density at radius 3 is 1.69 bits per heavy atom. The number of rotatable bonds is 20. The van der Waals surface area contributed by atoms with Crippen molar-refractivity contribution < 1.29 is 18.0 Å². The number of carbonyl (C=O) groups is 2. The van der Waals surface area contributed by atoms with Crippen LogP contribution in [0.1, 0.15) is 59.5 Å². The van der Waals surface area contributed by atoms with Crippen molar-refractivity contribution in [3.05, 3.63) is 205 Å². The zero-order valence-electron chi connectivity index (χ0n) is 49.0. The number of likely N-dealkylation sites (tertiary alicyclic amines) is 2. The van der Waals surface area contributed by atoms with Crippen LogP contribution in [0.25, 0.3) is 39.6 Å². The second-order valence-electron chi connectivity index (χ2n) is 22.8. The fraction of sp³-hybridized carbons (Fsp3) is 0.313. The molecule has 1 aliphatic carbocycles. The highest BCUT2D eigenvalue weighted by Gasteiger charge is 2.24. The first kappa shape index (κ1) is 59.8. The van der Waals surface area contributed by atoms with Gasteiger partial charge in [0, 0.05) is 116 Å². The third kappa shape index (κ3) is 16.7. The minimum atomic E-state index is -3.75.